The van der Waals surface area contributed by atoms with Crippen molar-refractivity contribution in [2.45, 2.75) is 12.6 Å². The molecular formula is C12H16BN. The summed E-state index contributed by atoms with van der Waals surface area (Å²) in [4.78, 5) is 0. The van der Waals surface area contributed by atoms with E-state index in [0.29, 0.717) is 6.85 Å². The van der Waals surface area contributed by atoms with Gasteiger partial charge in [0.1, 0.15) is 0 Å². The largest absolute Gasteiger partial charge is 0.427 e. The van der Waals surface area contributed by atoms with Gasteiger partial charge in [0.15, 0.2) is 0 Å². The van der Waals surface area contributed by atoms with E-state index in [1.165, 1.54) is 0 Å². The maximum absolute atomic E-state index is 3.75. The fraction of sp³-hybridized carbons (Fsp3) is 0.167. The Hall–Kier alpha value is -1.44. The lowest BCUT2D eigenvalue weighted by molar-refractivity contribution is 1.49. The van der Waals surface area contributed by atoms with Crippen LogP contribution in [-0.2, 0) is 0 Å². The fourth-order valence-electron chi connectivity index (χ4n) is 1.39. The third kappa shape index (κ3) is 3.52. The van der Waals surface area contributed by atoms with Crippen molar-refractivity contribution in [3.8, 4) is 0 Å². The molecule has 0 heterocycles. The number of rotatable bonds is 6. The third-order valence-corrected chi connectivity index (χ3v) is 2.05. The SMILES string of the molecule is C=CCB(CC=C)Nc1ccccc1. The molecule has 0 saturated heterocycles. The number of hydrogen-bond donors (Lipinski definition) is 1. The number of nitrogens with one attached hydrogen (secondary N) is 1. The summed E-state index contributed by atoms with van der Waals surface area (Å²) in [5.41, 5.74) is 1.15. The summed E-state index contributed by atoms with van der Waals surface area (Å²) in [6.45, 7) is 7.91. The highest BCUT2D eigenvalue weighted by molar-refractivity contribution is 6.63. The number of para-hydroxylation sites is 1. The van der Waals surface area contributed by atoms with Gasteiger partial charge in [-0.25, -0.2) is 0 Å². The van der Waals surface area contributed by atoms with Crippen molar-refractivity contribution in [3.05, 3.63) is 55.6 Å². The molecule has 2 heteroatoms. The molecule has 72 valence electrons. The molecule has 0 saturated carbocycles. The lowest BCUT2D eigenvalue weighted by atomic mass is 9.56. The highest BCUT2D eigenvalue weighted by Gasteiger charge is 2.09. The first-order valence-electron chi connectivity index (χ1n) is 4.90. The maximum Gasteiger partial charge on any atom is 0.259 e. The van der Waals surface area contributed by atoms with Gasteiger partial charge in [0.2, 0.25) is 0 Å². The molecule has 0 aliphatic heterocycles. The molecule has 0 aliphatic carbocycles. The van der Waals surface area contributed by atoms with Gasteiger partial charge in [-0.1, -0.05) is 30.4 Å². The summed E-state index contributed by atoms with van der Waals surface area (Å²) >= 11 is 0. The quantitative estimate of drug-likeness (QED) is 0.528. The molecule has 0 aromatic heterocycles. The Bertz CT molecular complexity index is 272. The second kappa shape index (κ2) is 6.08. The van der Waals surface area contributed by atoms with Crippen LogP contribution < -0.4 is 5.23 Å². The Labute approximate surface area is 86.6 Å². The van der Waals surface area contributed by atoms with Gasteiger partial charge in [-0.2, -0.15) is 0 Å². The Balaban J connectivity index is 2.54. The van der Waals surface area contributed by atoms with E-state index >= 15 is 0 Å². The average Bonchev–Trinajstić information content (AvgIpc) is 2.20. The van der Waals surface area contributed by atoms with Crippen molar-refractivity contribution in [3.63, 3.8) is 0 Å². The molecule has 1 rings (SSSR count). The molecule has 1 aromatic carbocycles. The minimum Gasteiger partial charge on any atom is -0.427 e. The molecule has 0 radical (unpaired) electrons. The summed E-state index contributed by atoms with van der Waals surface area (Å²) in [6, 6.07) is 10.2. The summed E-state index contributed by atoms with van der Waals surface area (Å²) in [5.74, 6) is 0. The van der Waals surface area contributed by atoms with Crippen LogP contribution in [0.15, 0.2) is 55.6 Å². The van der Waals surface area contributed by atoms with Gasteiger partial charge in [0, 0.05) is 5.69 Å². The molecule has 0 spiro atoms. The number of anilines is 1. The monoisotopic (exact) mass is 185 g/mol. The summed E-state index contributed by atoms with van der Waals surface area (Å²) in [5, 5.41) is 3.44. The van der Waals surface area contributed by atoms with E-state index in [0.717, 1.165) is 18.3 Å². The standard InChI is InChI=1S/C12H16BN/c1-3-10-13(11-4-2)14-12-8-6-5-7-9-12/h3-9,14H,1-2,10-11H2. The highest BCUT2D eigenvalue weighted by Crippen LogP contribution is 2.10. The van der Waals surface area contributed by atoms with Crippen LogP contribution in [0.4, 0.5) is 5.69 Å². The van der Waals surface area contributed by atoms with Gasteiger partial charge in [0.05, 0.1) is 0 Å². The maximum atomic E-state index is 3.75. The van der Waals surface area contributed by atoms with E-state index < -0.39 is 0 Å². The first-order valence-corrected chi connectivity index (χ1v) is 4.90. The van der Waals surface area contributed by atoms with Crippen molar-refractivity contribution < 1.29 is 0 Å². The van der Waals surface area contributed by atoms with Crippen LogP contribution in [0.25, 0.3) is 0 Å². The van der Waals surface area contributed by atoms with E-state index in [-0.39, 0.29) is 0 Å². The summed E-state index contributed by atoms with van der Waals surface area (Å²) < 4.78 is 0. The summed E-state index contributed by atoms with van der Waals surface area (Å²) in [6.07, 6.45) is 5.79. The lowest BCUT2D eigenvalue weighted by Gasteiger charge is -2.12. The van der Waals surface area contributed by atoms with Crippen molar-refractivity contribution >= 4 is 12.5 Å². The zero-order valence-corrected chi connectivity index (χ0v) is 8.45. The van der Waals surface area contributed by atoms with E-state index in [4.69, 9.17) is 0 Å². The van der Waals surface area contributed by atoms with E-state index in [9.17, 15) is 0 Å². The van der Waals surface area contributed by atoms with Crippen molar-refractivity contribution in [2.75, 3.05) is 5.23 Å². The fourth-order valence-corrected chi connectivity index (χ4v) is 1.39. The smallest absolute Gasteiger partial charge is 0.259 e. The zero-order chi connectivity index (χ0) is 10.2. The number of benzene rings is 1. The van der Waals surface area contributed by atoms with Crippen molar-refractivity contribution in [2.24, 2.45) is 0 Å². The zero-order valence-electron chi connectivity index (χ0n) is 8.45. The van der Waals surface area contributed by atoms with E-state index in [1.54, 1.807) is 0 Å². The molecule has 1 nitrogen and oxygen atoms in total. The van der Waals surface area contributed by atoms with Crippen LogP contribution in [0.2, 0.25) is 12.6 Å². The van der Waals surface area contributed by atoms with Crippen LogP contribution in [0.5, 0.6) is 0 Å². The normalized spacial score (nSPS) is 9.14. The Morgan fingerprint density at radius 1 is 1.07 bits per heavy atom. The van der Waals surface area contributed by atoms with Gasteiger partial charge in [-0.05, 0) is 24.8 Å². The van der Waals surface area contributed by atoms with Crippen molar-refractivity contribution in [1.82, 2.24) is 0 Å². The second-order valence-corrected chi connectivity index (χ2v) is 3.26. The number of allylic oxidation sites excluding steroid dienone is 2. The van der Waals surface area contributed by atoms with Crippen LogP contribution in [0.3, 0.4) is 0 Å². The topological polar surface area (TPSA) is 12.0 Å². The van der Waals surface area contributed by atoms with Gasteiger partial charge in [-0.15, -0.1) is 13.2 Å². The Morgan fingerprint density at radius 3 is 2.14 bits per heavy atom. The average molecular weight is 185 g/mol. The predicted octanol–water partition coefficient (Wildman–Crippen LogP) is 3.46. The van der Waals surface area contributed by atoms with Gasteiger partial charge >= 0.3 is 0 Å². The molecule has 14 heavy (non-hydrogen) atoms. The van der Waals surface area contributed by atoms with Crippen LogP contribution >= 0.6 is 0 Å². The molecule has 0 atom stereocenters. The van der Waals surface area contributed by atoms with Gasteiger partial charge in [-0.3, -0.25) is 0 Å². The Kier molecular flexibility index (Phi) is 4.63. The van der Waals surface area contributed by atoms with Gasteiger partial charge < -0.3 is 5.23 Å². The molecule has 1 aromatic rings. The second-order valence-electron chi connectivity index (χ2n) is 3.26. The van der Waals surface area contributed by atoms with Crippen molar-refractivity contribution in [1.29, 1.82) is 0 Å². The molecule has 0 bridgehead atoms. The van der Waals surface area contributed by atoms with Crippen LogP contribution in [0, 0.1) is 0 Å². The van der Waals surface area contributed by atoms with E-state index in [2.05, 4.69) is 30.5 Å². The molecular weight excluding hydrogens is 169 g/mol. The molecule has 0 fully saturated rings. The molecule has 1 N–H and O–H groups in total. The lowest BCUT2D eigenvalue weighted by Crippen LogP contribution is -2.22. The van der Waals surface area contributed by atoms with Crippen LogP contribution in [0.1, 0.15) is 0 Å². The molecule has 0 unspecified atom stereocenters. The van der Waals surface area contributed by atoms with E-state index in [1.807, 2.05) is 30.4 Å². The number of hydrogen-bond acceptors (Lipinski definition) is 1. The minimum atomic E-state index is 0.410. The highest BCUT2D eigenvalue weighted by atomic mass is 14.8. The third-order valence-electron chi connectivity index (χ3n) is 2.05. The first-order chi connectivity index (χ1) is 6.86. The van der Waals surface area contributed by atoms with Gasteiger partial charge in [0.25, 0.3) is 6.85 Å². The first kappa shape index (κ1) is 10.6. The Morgan fingerprint density at radius 2 is 1.64 bits per heavy atom. The van der Waals surface area contributed by atoms with Crippen LogP contribution in [-0.4, -0.2) is 6.85 Å². The minimum absolute atomic E-state index is 0.410. The molecule has 0 amide bonds. The molecule has 0 aliphatic rings. The summed E-state index contributed by atoms with van der Waals surface area (Å²) in [7, 11) is 0. The predicted molar refractivity (Wildman–Crippen MR) is 65.8 cm³/mol.